The van der Waals surface area contributed by atoms with Crippen molar-refractivity contribution in [3.05, 3.63) is 0 Å². The fraction of sp³-hybridized carbons (Fsp3) is 0.818. The molecule has 0 radical (unpaired) electrons. The Hall–Kier alpha value is -1.26. The molecule has 1 aliphatic rings. The number of carbonyl (C=O) groups is 2. The van der Waals surface area contributed by atoms with E-state index in [0.717, 1.165) is 0 Å². The summed E-state index contributed by atoms with van der Waals surface area (Å²) in [4.78, 5) is 25.7. The van der Waals surface area contributed by atoms with Crippen molar-refractivity contribution in [3.8, 4) is 0 Å². The molecular formula is C11H20N2O3. The maximum absolute atomic E-state index is 11.8. The van der Waals surface area contributed by atoms with Crippen molar-refractivity contribution in [1.29, 1.82) is 0 Å². The molecule has 1 unspecified atom stereocenters. The number of nitrogens with zero attached hydrogens (tertiary/aromatic N) is 2. The van der Waals surface area contributed by atoms with Gasteiger partial charge in [-0.05, 0) is 12.3 Å². The third-order valence-corrected chi connectivity index (χ3v) is 3.07. The fourth-order valence-corrected chi connectivity index (χ4v) is 2.06. The molecule has 0 spiro atoms. The lowest BCUT2D eigenvalue weighted by Gasteiger charge is -2.20. The molecule has 1 heterocycles. The minimum atomic E-state index is -0.805. The maximum atomic E-state index is 11.8. The zero-order valence-electron chi connectivity index (χ0n) is 10.1. The lowest BCUT2D eigenvalue weighted by molar-refractivity contribution is -0.137. The molecule has 1 aliphatic heterocycles. The third kappa shape index (κ3) is 2.87. The van der Waals surface area contributed by atoms with Gasteiger partial charge in [-0.3, -0.25) is 4.79 Å². The van der Waals surface area contributed by atoms with Crippen molar-refractivity contribution in [3.63, 3.8) is 0 Å². The number of carboxylic acid groups (broad SMARTS) is 1. The number of carbonyl (C=O) groups excluding carboxylic acids is 1. The predicted octanol–water partition coefficient (Wildman–Crippen LogP) is 1.24. The van der Waals surface area contributed by atoms with Crippen LogP contribution in [0, 0.1) is 5.92 Å². The first kappa shape index (κ1) is 12.8. The molecule has 0 aromatic heterocycles. The molecule has 0 aliphatic carbocycles. The van der Waals surface area contributed by atoms with Gasteiger partial charge in [0.1, 0.15) is 0 Å². The van der Waals surface area contributed by atoms with E-state index in [1.807, 2.05) is 7.05 Å². The summed E-state index contributed by atoms with van der Waals surface area (Å²) < 4.78 is 0. The largest absolute Gasteiger partial charge is 0.481 e. The minimum Gasteiger partial charge on any atom is -0.481 e. The van der Waals surface area contributed by atoms with Gasteiger partial charge in [0.15, 0.2) is 0 Å². The van der Waals surface area contributed by atoms with E-state index in [4.69, 9.17) is 5.11 Å². The number of rotatable bonds is 5. The van der Waals surface area contributed by atoms with Gasteiger partial charge in [0.25, 0.3) is 0 Å². The molecule has 92 valence electrons. The Morgan fingerprint density at radius 2 is 2.19 bits per heavy atom. The van der Waals surface area contributed by atoms with Crippen LogP contribution in [0.3, 0.4) is 0 Å². The van der Waals surface area contributed by atoms with Gasteiger partial charge in [0, 0.05) is 26.6 Å². The van der Waals surface area contributed by atoms with Crippen molar-refractivity contribution in [2.24, 2.45) is 5.92 Å². The monoisotopic (exact) mass is 228 g/mol. The van der Waals surface area contributed by atoms with Crippen LogP contribution in [0.25, 0.3) is 0 Å². The van der Waals surface area contributed by atoms with Gasteiger partial charge in [-0.15, -0.1) is 0 Å². The van der Waals surface area contributed by atoms with E-state index in [2.05, 4.69) is 13.8 Å². The number of hydrogen-bond donors (Lipinski definition) is 1. The van der Waals surface area contributed by atoms with E-state index in [-0.39, 0.29) is 18.5 Å². The third-order valence-electron chi connectivity index (χ3n) is 3.07. The molecule has 1 fully saturated rings. The van der Waals surface area contributed by atoms with Crippen LogP contribution in [0.4, 0.5) is 4.79 Å². The Bertz CT molecular complexity index is 278. The second-order valence-electron chi connectivity index (χ2n) is 4.65. The topological polar surface area (TPSA) is 60.9 Å². The molecule has 16 heavy (non-hydrogen) atoms. The number of amides is 2. The van der Waals surface area contributed by atoms with Crippen LogP contribution < -0.4 is 0 Å². The summed E-state index contributed by atoms with van der Waals surface area (Å²) in [6, 6.07) is 0.265. The van der Waals surface area contributed by atoms with E-state index in [1.165, 1.54) is 0 Å². The normalized spacial score (nSPS) is 21.0. The van der Waals surface area contributed by atoms with Gasteiger partial charge in [-0.2, -0.15) is 0 Å². The van der Waals surface area contributed by atoms with Crippen molar-refractivity contribution >= 4 is 12.0 Å². The van der Waals surface area contributed by atoms with Crippen LogP contribution in [0.2, 0.25) is 0 Å². The van der Waals surface area contributed by atoms with Crippen LogP contribution in [-0.2, 0) is 4.79 Å². The molecular weight excluding hydrogens is 208 g/mol. The van der Waals surface area contributed by atoms with Gasteiger partial charge in [-0.25, -0.2) is 4.79 Å². The Labute approximate surface area is 96.0 Å². The highest BCUT2D eigenvalue weighted by atomic mass is 16.4. The Kier molecular flexibility index (Phi) is 4.15. The van der Waals surface area contributed by atoms with Crippen molar-refractivity contribution in [2.45, 2.75) is 32.7 Å². The average molecular weight is 228 g/mol. The van der Waals surface area contributed by atoms with Gasteiger partial charge < -0.3 is 14.9 Å². The zero-order chi connectivity index (χ0) is 12.3. The molecule has 1 rings (SSSR count). The number of aliphatic carboxylic acids is 1. The van der Waals surface area contributed by atoms with E-state index in [1.54, 1.807) is 9.80 Å². The summed E-state index contributed by atoms with van der Waals surface area (Å²) >= 11 is 0. The van der Waals surface area contributed by atoms with Crippen LogP contribution in [0.1, 0.15) is 26.7 Å². The second-order valence-corrected chi connectivity index (χ2v) is 4.65. The van der Waals surface area contributed by atoms with Gasteiger partial charge in [0.2, 0.25) is 0 Å². The molecule has 5 heteroatoms. The van der Waals surface area contributed by atoms with Crippen LogP contribution in [0.15, 0.2) is 0 Å². The van der Waals surface area contributed by atoms with E-state index < -0.39 is 5.97 Å². The molecule has 0 aromatic rings. The van der Waals surface area contributed by atoms with Gasteiger partial charge >= 0.3 is 12.0 Å². The lowest BCUT2D eigenvalue weighted by Crippen LogP contribution is -2.34. The lowest BCUT2D eigenvalue weighted by atomic mass is 10.0. The first-order valence-corrected chi connectivity index (χ1v) is 5.67. The van der Waals surface area contributed by atoms with Crippen LogP contribution in [0.5, 0.6) is 0 Å². The molecule has 1 N–H and O–H groups in total. The fourth-order valence-electron chi connectivity index (χ4n) is 2.06. The molecule has 2 amide bonds. The van der Waals surface area contributed by atoms with Crippen molar-refractivity contribution in [1.82, 2.24) is 9.80 Å². The molecule has 0 bridgehead atoms. The zero-order valence-corrected chi connectivity index (χ0v) is 10.1. The van der Waals surface area contributed by atoms with E-state index in [9.17, 15) is 9.59 Å². The smallest absolute Gasteiger partial charge is 0.320 e. The Morgan fingerprint density at radius 3 is 2.62 bits per heavy atom. The molecule has 0 saturated carbocycles. The maximum Gasteiger partial charge on any atom is 0.320 e. The summed E-state index contributed by atoms with van der Waals surface area (Å²) in [5.41, 5.74) is 0. The number of urea groups is 1. The molecule has 0 aromatic carbocycles. The summed E-state index contributed by atoms with van der Waals surface area (Å²) in [7, 11) is 1.81. The summed E-state index contributed by atoms with van der Waals surface area (Å²) in [5, 5.41) is 8.53. The standard InChI is InChI=1S/C11H20N2O3/c1-8(2)9-7-13(11(16)12(9)3)6-4-5-10(14)15/h8-9H,4-7H2,1-3H3,(H,14,15). The minimum absolute atomic E-state index is 0.0177. The van der Waals surface area contributed by atoms with E-state index in [0.29, 0.717) is 25.4 Å². The first-order valence-electron chi connectivity index (χ1n) is 5.67. The quantitative estimate of drug-likeness (QED) is 0.770. The number of likely N-dealkylation sites (N-methyl/N-ethyl adjacent to an activating group) is 1. The Morgan fingerprint density at radius 1 is 1.56 bits per heavy atom. The first-order chi connectivity index (χ1) is 7.43. The number of hydrogen-bond acceptors (Lipinski definition) is 2. The van der Waals surface area contributed by atoms with Crippen LogP contribution in [-0.4, -0.2) is 53.1 Å². The SMILES string of the molecule is CC(C)C1CN(CCCC(=O)O)C(=O)N1C. The highest BCUT2D eigenvalue weighted by Crippen LogP contribution is 2.20. The van der Waals surface area contributed by atoms with Crippen molar-refractivity contribution in [2.75, 3.05) is 20.1 Å². The highest BCUT2D eigenvalue weighted by Gasteiger charge is 2.35. The molecule has 1 atom stereocenters. The number of carboxylic acids is 1. The summed E-state index contributed by atoms with van der Waals surface area (Å²) in [6.45, 7) is 5.44. The van der Waals surface area contributed by atoms with Gasteiger partial charge in [-0.1, -0.05) is 13.8 Å². The summed E-state index contributed by atoms with van der Waals surface area (Å²) in [5.74, 6) is -0.376. The predicted molar refractivity (Wildman–Crippen MR) is 60.2 cm³/mol. The van der Waals surface area contributed by atoms with Gasteiger partial charge in [0.05, 0.1) is 6.04 Å². The average Bonchev–Trinajstić information content (AvgIpc) is 2.45. The van der Waals surface area contributed by atoms with Crippen molar-refractivity contribution < 1.29 is 14.7 Å². The molecule has 1 saturated heterocycles. The highest BCUT2D eigenvalue weighted by molar-refractivity contribution is 5.77. The van der Waals surface area contributed by atoms with E-state index >= 15 is 0 Å². The Balaban J connectivity index is 2.45. The second kappa shape index (κ2) is 5.18. The molecule has 5 nitrogen and oxygen atoms in total. The van der Waals surface area contributed by atoms with Crippen LogP contribution >= 0.6 is 0 Å². The summed E-state index contributed by atoms with van der Waals surface area (Å²) in [6.07, 6.45) is 0.652.